The fraction of sp³-hybridized carbons (Fsp3) is 0.417. The molecule has 0 bridgehead atoms. The summed E-state index contributed by atoms with van der Waals surface area (Å²) in [5.41, 5.74) is 0.987. The minimum atomic E-state index is -0.687. The largest absolute Gasteiger partial charge is 0.496 e. The summed E-state index contributed by atoms with van der Waals surface area (Å²) in [4.78, 5) is 11.1. The summed E-state index contributed by atoms with van der Waals surface area (Å²) >= 11 is 9.22. The van der Waals surface area contributed by atoms with Crippen molar-refractivity contribution >= 4 is 33.5 Å². The highest BCUT2D eigenvalue weighted by Crippen LogP contribution is 2.22. The number of hydrogen-bond donors (Lipinski definition) is 1. The summed E-state index contributed by atoms with van der Waals surface area (Å²) in [7, 11) is 2.93. The van der Waals surface area contributed by atoms with Gasteiger partial charge in [0.15, 0.2) is 0 Å². The Balaban J connectivity index is 2.53. The quantitative estimate of drug-likeness (QED) is 0.640. The van der Waals surface area contributed by atoms with Gasteiger partial charge in [0.25, 0.3) is 0 Å². The summed E-state index contributed by atoms with van der Waals surface area (Å²) < 4.78 is 10.7. The van der Waals surface area contributed by atoms with E-state index in [1.54, 1.807) is 7.11 Å². The van der Waals surface area contributed by atoms with Crippen molar-refractivity contribution in [3.8, 4) is 5.75 Å². The van der Waals surface area contributed by atoms with Gasteiger partial charge in [-0.05, 0) is 18.2 Å². The van der Waals surface area contributed by atoms with Crippen molar-refractivity contribution in [2.75, 3.05) is 20.8 Å². The lowest BCUT2D eigenvalue weighted by Crippen LogP contribution is -2.29. The molecule has 18 heavy (non-hydrogen) atoms. The van der Waals surface area contributed by atoms with Crippen LogP contribution in [0.25, 0.3) is 0 Å². The van der Waals surface area contributed by atoms with Crippen LogP contribution in [0.5, 0.6) is 5.75 Å². The second kappa shape index (κ2) is 7.61. The number of benzene rings is 1. The van der Waals surface area contributed by atoms with Crippen LogP contribution in [0.3, 0.4) is 0 Å². The van der Waals surface area contributed by atoms with Crippen LogP contribution in [0, 0.1) is 0 Å². The lowest BCUT2D eigenvalue weighted by molar-refractivity contribution is -0.140. The number of hydrogen-bond acceptors (Lipinski definition) is 4. The Kier molecular flexibility index (Phi) is 6.46. The van der Waals surface area contributed by atoms with E-state index in [1.165, 1.54) is 7.11 Å². The predicted molar refractivity (Wildman–Crippen MR) is 74.1 cm³/mol. The molecule has 0 saturated carbocycles. The van der Waals surface area contributed by atoms with Crippen LogP contribution in [0.2, 0.25) is 0 Å². The SMILES string of the molecule is COC(=O)C(Cl)CNCc1cc(Br)ccc1OC. The number of halogens is 2. The van der Waals surface area contributed by atoms with Gasteiger partial charge in [0, 0.05) is 23.1 Å². The molecule has 0 aromatic heterocycles. The molecule has 0 amide bonds. The number of nitrogens with one attached hydrogen (secondary N) is 1. The first-order valence-corrected chi connectivity index (χ1v) is 6.56. The van der Waals surface area contributed by atoms with Gasteiger partial charge >= 0.3 is 5.97 Å². The van der Waals surface area contributed by atoms with E-state index in [0.29, 0.717) is 13.1 Å². The Labute approximate surface area is 120 Å². The maximum Gasteiger partial charge on any atom is 0.325 e. The van der Waals surface area contributed by atoms with Crippen molar-refractivity contribution in [2.24, 2.45) is 0 Å². The zero-order valence-electron chi connectivity index (χ0n) is 10.2. The van der Waals surface area contributed by atoms with E-state index in [4.69, 9.17) is 16.3 Å². The second-order valence-corrected chi connectivity index (χ2v) is 5.02. The van der Waals surface area contributed by atoms with Gasteiger partial charge in [-0.1, -0.05) is 15.9 Å². The van der Waals surface area contributed by atoms with Crippen molar-refractivity contribution in [2.45, 2.75) is 11.9 Å². The third-order valence-electron chi connectivity index (χ3n) is 2.34. The lowest BCUT2D eigenvalue weighted by Gasteiger charge is -2.12. The Morgan fingerprint density at radius 3 is 2.83 bits per heavy atom. The molecule has 1 unspecified atom stereocenters. The number of esters is 1. The second-order valence-electron chi connectivity index (χ2n) is 3.58. The number of rotatable bonds is 6. The van der Waals surface area contributed by atoms with Gasteiger partial charge in [-0.2, -0.15) is 0 Å². The maximum absolute atomic E-state index is 11.1. The van der Waals surface area contributed by atoms with Crippen LogP contribution >= 0.6 is 27.5 Å². The van der Waals surface area contributed by atoms with Crippen molar-refractivity contribution in [3.63, 3.8) is 0 Å². The summed E-state index contributed by atoms with van der Waals surface area (Å²) in [6, 6.07) is 5.73. The number of ether oxygens (including phenoxy) is 2. The highest BCUT2D eigenvalue weighted by atomic mass is 79.9. The Morgan fingerprint density at radius 1 is 1.50 bits per heavy atom. The van der Waals surface area contributed by atoms with Crippen molar-refractivity contribution in [1.29, 1.82) is 0 Å². The van der Waals surface area contributed by atoms with E-state index in [-0.39, 0.29) is 0 Å². The van der Waals surface area contributed by atoms with Crippen LogP contribution in [0.15, 0.2) is 22.7 Å². The first-order chi connectivity index (χ1) is 8.58. The summed E-state index contributed by atoms with van der Waals surface area (Å²) in [5, 5.41) is 2.40. The molecule has 1 rings (SSSR count). The zero-order valence-corrected chi connectivity index (χ0v) is 12.5. The number of carbonyl (C=O) groups excluding carboxylic acids is 1. The van der Waals surface area contributed by atoms with E-state index in [9.17, 15) is 4.79 Å². The van der Waals surface area contributed by atoms with Gasteiger partial charge in [-0.3, -0.25) is 4.79 Å². The van der Waals surface area contributed by atoms with Gasteiger partial charge in [0.05, 0.1) is 14.2 Å². The van der Waals surface area contributed by atoms with Crippen molar-refractivity contribution < 1.29 is 14.3 Å². The molecule has 0 heterocycles. The minimum Gasteiger partial charge on any atom is -0.496 e. The lowest BCUT2D eigenvalue weighted by atomic mass is 10.2. The molecule has 0 fully saturated rings. The molecule has 0 radical (unpaired) electrons. The van der Waals surface area contributed by atoms with E-state index in [0.717, 1.165) is 15.8 Å². The number of methoxy groups -OCH3 is 2. The molecule has 100 valence electrons. The third-order valence-corrected chi connectivity index (χ3v) is 3.16. The van der Waals surface area contributed by atoms with Crippen LogP contribution in [0.1, 0.15) is 5.56 Å². The van der Waals surface area contributed by atoms with Crippen LogP contribution < -0.4 is 10.1 Å². The third kappa shape index (κ3) is 4.48. The Morgan fingerprint density at radius 2 is 2.22 bits per heavy atom. The van der Waals surface area contributed by atoms with Gasteiger partial charge in [0.2, 0.25) is 0 Å². The normalized spacial score (nSPS) is 12.0. The van der Waals surface area contributed by atoms with Crippen molar-refractivity contribution in [3.05, 3.63) is 28.2 Å². The topological polar surface area (TPSA) is 47.6 Å². The molecule has 1 N–H and O–H groups in total. The molecule has 1 aromatic carbocycles. The number of carbonyl (C=O) groups is 1. The average Bonchev–Trinajstić information content (AvgIpc) is 2.38. The molecule has 0 spiro atoms. The maximum atomic E-state index is 11.1. The van der Waals surface area contributed by atoms with Gasteiger partial charge in [-0.15, -0.1) is 11.6 Å². The average molecular weight is 337 g/mol. The first kappa shape index (κ1) is 15.3. The van der Waals surface area contributed by atoms with Crippen LogP contribution in [0.4, 0.5) is 0 Å². The monoisotopic (exact) mass is 335 g/mol. The van der Waals surface area contributed by atoms with Gasteiger partial charge in [-0.25, -0.2) is 0 Å². The van der Waals surface area contributed by atoms with Crippen LogP contribution in [-0.2, 0) is 16.1 Å². The Hall–Kier alpha value is -0.780. The van der Waals surface area contributed by atoms with E-state index >= 15 is 0 Å². The molecule has 4 nitrogen and oxygen atoms in total. The molecular formula is C12H15BrClNO3. The van der Waals surface area contributed by atoms with E-state index < -0.39 is 11.3 Å². The molecule has 0 aliphatic heterocycles. The smallest absolute Gasteiger partial charge is 0.325 e. The Bertz CT molecular complexity index is 414. The fourth-order valence-electron chi connectivity index (χ4n) is 1.43. The molecule has 6 heteroatoms. The predicted octanol–water partition coefficient (Wildman–Crippen LogP) is 2.33. The fourth-order valence-corrected chi connectivity index (χ4v) is 2.04. The molecular weight excluding hydrogens is 321 g/mol. The summed E-state index contributed by atoms with van der Waals surface area (Å²) in [5.74, 6) is 0.347. The van der Waals surface area contributed by atoms with Crippen molar-refractivity contribution in [1.82, 2.24) is 5.32 Å². The van der Waals surface area contributed by atoms with E-state index in [1.807, 2.05) is 18.2 Å². The summed E-state index contributed by atoms with van der Waals surface area (Å²) in [6.45, 7) is 0.896. The minimum absolute atomic E-state index is 0.337. The number of alkyl halides is 1. The first-order valence-electron chi connectivity index (χ1n) is 5.33. The zero-order chi connectivity index (χ0) is 13.5. The molecule has 1 atom stereocenters. The van der Waals surface area contributed by atoms with Crippen LogP contribution in [-0.4, -0.2) is 32.1 Å². The molecule has 0 aliphatic carbocycles. The standard InChI is InChI=1S/C12H15BrClNO3/c1-17-11-4-3-9(13)5-8(11)6-15-7-10(14)12(16)18-2/h3-5,10,15H,6-7H2,1-2H3. The molecule has 0 saturated heterocycles. The summed E-state index contributed by atoms with van der Waals surface area (Å²) in [6.07, 6.45) is 0. The highest BCUT2D eigenvalue weighted by Gasteiger charge is 2.15. The molecule has 1 aromatic rings. The van der Waals surface area contributed by atoms with Gasteiger partial charge < -0.3 is 14.8 Å². The van der Waals surface area contributed by atoms with Gasteiger partial charge in [0.1, 0.15) is 11.1 Å². The highest BCUT2D eigenvalue weighted by molar-refractivity contribution is 9.10. The van der Waals surface area contributed by atoms with E-state index in [2.05, 4.69) is 26.0 Å². The molecule has 0 aliphatic rings.